The molecule has 3 nitrogen and oxygen atoms in total. The number of likely N-dealkylation sites (tertiary alicyclic amines) is 1. The van der Waals surface area contributed by atoms with E-state index >= 15 is 0 Å². The first-order valence-electron chi connectivity index (χ1n) is 6.47. The first-order chi connectivity index (χ1) is 7.43. The van der Waals surface area contributed by atoms with E-state index in [1.165, 1.54) is 45.3 Å². The maximum Gasteiger partial charge on any atom is 0.0431 e. The largest absolute Gasteiger partial charge is 0.396 e. The summed E-state index contributed by atoms with van der Waals surface area (Å²) in [6.07, 6.45) is 7.50. The van der Waals surface area contributed by atoms with Crippen molar-refractivity contribution in [2.45, 2.75) is 38.5 Å². The predicted octanol–water partition coefficient (Wildman–Crippen LogP) is 1.22. The molecular formula is C12H26N2O. The third kappa shape index (κ3) is 6.88. The zero-order chi connectivity index (χ0) is 10.8. The van der Waals surface area contributed by atoms with Crippen LogP contribution in [-0.2, 0) is 0 Å². The Bertz CT molecular complexity index is 136. The van der Waals surface area contributed by atoms with Crippen molar-refractivity contribution in [2.24, 2.45) is 0 Å². The van der Waals surface area contributed by atoms with E-state index in [4.69, 9.17) is 5.11 Å². The molecule has 1 heterocycles. The fourth-order valence-electron chi connectivity index (χ4n) is 2.10. The van der Waals surface area contributed by atoms with Crippen molar-refractivity contribution in [3.63, 3.8) is 0 Å². The predicted molar refractivity (Wildman–Crippen MR) is 64.1 cm³/mol. The van der Waals surface area contributed by atoms with Crippen LogP contribution in [0.2, 0.25) is 0 Å². The Balaban J connectivity index is 1.79. The maximum absolute atomic E-state index is 8.60. The van der Waals surface area contributed by atoms with Gasteiger partial charge in [0.05, 0.1) is 0 Å². The van der Waals surface area contributed by atoms with E-state index in [-0.39, 0.29) is 0 Å². The Kier molecular flexibility index (Phi) is 7.88. The molecule has 0 spiro atoms. The third-order valence-electron chi connectivity index (χ3n) is 3.04. The number of nitrogens with one attached hydrogen (secondary N) is 1. The van der Waals surface area contributed by atoms with Gasteiger partial charge in [0, 0.05) is 6.61 Å². The van der Waals surface area contributed by atoms with Gasteiger partial charge in [-0.1, -0.05) is 6.42 Å². The number of piperidine rings is 1. The first-order valence-corrected chi connectivity index (χ1v) is 6.47. The fourth-order valence-corrected chi connectivity index (χ4v) is 2.10. The van der Waals surface area contributed by atoms with E-state index in [0.717, 1.165) is 25.9 Å². The molecule has 1 aliphatic rings. The van der Waals surface area contributed by atoms with Gasteiger partial charge in [-0.3, -0.25) is 0 Å². The van der Waals surface area contributed by atoms with Crippen LogP contribution in [0.15, 0.2) is 0 Å². The van der Waals surface area contributed by atoms with E-state index in [1.54, 1.807) is 0 Å². The van der Waals surface area contributed by atoms with Crippen molar-refractivity contribution >= 4 is 0 Å². The zero-order valence-corrected chi connectivity index (χ0v) is 9.88. The van der Waals surface area contributed by atoms with Crippen LogP contribution in [0.4, 0.5) is 0 Å². The van der Waals surface area contributed by atoms with Gasteiger partial charge >= 0.3 is 0 Å². The summed E-state index contributed by atoms with van der Waals surface area (Å²) in [5, 5.41) is 12.0. The summed E-state index contributed by atoms with van der Waals surface area (Å²) < 4.78 is 0. The molecule has 0 unspecified atom stereocenters. The Morgan fingerprint density at radius 3 is 2.40 bits per heavy atom. The highest BCUT2D eigenvalue weighted by molar-refractivity contribution is 4.64. The van der Waals surface area contributed by atoms with Gasteiger partial charge in [0.2, 0.25) is 0 Å². The minimum Gasteiger partial charge on any atom is -0.396 e. The molecule has 1 aliphatic heterocycles. The standard InChI is InChI=1S/C12H26N2O/c15-12-5-2-7-13-8-6-11-14-9-3-1-4-10-14/h13,15H,1-12H2. The molecule has 2 N–H and O–H groups in total. The minimum atomic E-state index is 0.329. The average Bonchev–Trinajstić information content (AvgIpc) is 2.29. The maximum atomic E-state index is 8.60. The molecule has 0 aromatic heterocycles. The number of unbranched alkanes of at least 4 members (excludes halogenated alkanes) is 1. The first kappa shape index (κ1) is 12.9. The third-order valence-corrected chi connectivity index (χ3v) is 3.04. The second kappa shape index (κ2) is 9.13. The minimum absolute atomic E-state index is 0.329. The highest BCUT2D eigenvalue weighted by Gasteiger charge is 2.08. The summed E-state index contributed by atoms with van der Waals surface area (Å²) in [5.74, 6) is 0. The summed E-state index contributed by atoms with van der Waals surface area (Å²) in [6.45, 7) is 6.39. The van der Waals surface area contributed by atoms with Gasteiger partial charge in [-0.15, -0.1) is 0 Å². The van der Waals surface area contributed by atoms with Gasteiger partial charge in [0.25, 0.3) is 0 Å². The van der Waals surface area contributed by atoms with Gasteiger partial charge in [-0.05, 0) is 64.8 Å². The number of rotatable bonds is 8. The molecule has 90 valence electrons. The lowest BCUT2D eigenvalue weighted by Crippen LogP contribution is -2.32. The monoisotopic (exact) mass is 214 g/mol. The van der Waals surface area contributed by atoms with E-state index in [9.17, 15) is 0 Å². The molecule has 0 aliphatic carbocycles. The Morgan fingerprint density at radius 1 is 0.933 bits per heavy atom. The van der Waals surface area contributed by atoms with Crippen molar-refractivity contribution in [3.8, 4) is 0 Å². The van der Waals surface area contributed by atoms with E-state index < -0.39 is 0 Å². The highest BCUT2D eigenvalue weighted by atomic mass is 16.2. The SMILES string of the molecule is OCCCCNCCCN1CCCCC1. The van der Waals surface area contributed by atoms with Crippen molar-refractivity contribution in [3.05, 3.63) is 0 Å². The smallest absolute Gasteiger partial charge is 0.0431 e. The van der Waals surface area contributed by atoms with Crippen LogP contribution in [0.25, 0.3) is 0 Å². The van der Waals surface area contributed by atoms with E-state index in [2.05, 4.69) is 10.2 Å². The summed E-state index contributed by atoms with van der Waals surface area (Å²) >= 11 is 0. The fraction of sp³-hybridized carbons (Fsp3) is 1.00. The van der Waals surface area contributed by atoms with Crippen LogP contribution in [0.1, 0.15) is 38.5 Å². The van der Waals surface area contributed by atoms with Crippen molar-refractivity contribution in [2.75, 3.05) is 39.3 Å². The normalized spacial score (nSPS) is 18.2. The number of nitrogens with zero attached hydrogens (tertiary/aromatic N) is 1. The van der Waals surface area contributed by atoms with Gasteiger partial charge in [0.1, 0.15) is 0 Å². The van der Waals surface area contributed by atoms with Crippen LogP contribution < -0.4 is 5.32 Å². The molecule has 1 fully saturated rings. The molecule has 0 aromatic carbocycles. The molecule has 15 heavy (non-hydrogen) atoms. The van der Waals surface area contributed by atoms with E-state index in [1.807, 2.05) is 0 Å². The molecule has 0 bridgehead atoms. The molecule has 3 heteroatoms. The molecule has 0 atom stereocenters. The number of aliphatic hydroxyl groups excluding tert-OH is 1. The lowest BCUT2D eigenvalue weighted by Gasteiger charge is -2.26. The highest BCUT2D eigenvalue weighted by Crippen LogP contribution is 2.08. The second-order valence-electron chi connectivity index (χ2n) is 4.44. The topological polar surface area (TPSA) is 35.5 Å². The summed E-state index contributed by atoms with van der Waals surface area (Å²) in [7, 11) is 0. The summed E-state index contributed by atoms with van der Waals surface area (Å²) in [5.41, 5.74) is 0. The van der Waals surface area contributed by atoms with E-state index in [0.29, 0.717) is 6.61 Å². The van der Waals surface area contributed by atoms with Gasteiger partial charge < -0.3 is 15.3 Å². The number of hydrogen-bond donors (Lipinski definition) is 2. The van der Waals surface area contributed by atoms with Crippen LogP contribution in [0.5, 0.6) is 0 Å². The quantitative estimate of drug-likeness (QED) is 0.596. The van der Waals surface area contributed by atoms with Crippen molar-refractivity contribution in [1.82, 2.24) is 10.2 Å². The molecule has 0 saturated carbocycles. The van der Waals surface area contributed by atoms with Crippen molar-refractivity contribution < 1.29 is 5.11 Å². The lowest BCUT2D eigenvalue weighted by atomic mass is 10.1. The van der Waals surface area contributed by atoms with Crippen LogP contribution in [0, 0.1) is 0 Å². The Hall–Kier alpha value is -0.120. The summed E-state index contributed by atoms with van der Waals surface area (Å²) in [6, 6.07) is 0. The number of hydrogen-bond acceptors (Lipinski definition) is 3. The van der Waals surface area contributed by atoms with Crippen LogP contribution >= 0.6 is 0 Å². The molecule has 1 saturated heterocycles. The Morgan fingerprint density at radius 2 is 1.67 bits per heavy atom. The molecule has 1 rings (SSSR count). The molecule has 0 amide bonds. The summed E-state index contributed by atoms with van der Waals surface area (Å²) in [4.78, 5) is 2.58. The molecule has 0 aromatic rings. The second-order valence-corrected chi connectivity index (χ2v) is 4.44. The number of aliphatic hydroxyl groups is 1. The van der Waals surface area contributed by atoms with Gasteiger partial charge in [0.15, 0.2) is 0 Å². The zero-order valence-electron chi connectivity index (χ0n) is 9.88. The lowest BCUT2D eigenvalue weighted by molar-refractivity contribution is 0.225. The Labute approximate surface area is 93.9 Å². The van der Waals surface area contributed by atoms with Gasteiger partial charge in [-0.25, -0.2) is 0 Å². The van der Waals surface area contributed by atoms with Gasteiger partial charge in [-0.2, -0.15) is 0 Å². The van der Waals surface area contributed by atoms with Crippen LogP contribution in [-0.4, -0.2) is 49.3 Å². The average molecular weight is 214 g/mol. The van der Waals surface area contributed by atoms with Crippen LogP contribution in [0.3, 0.4) is 0 Å². The van der Waals surface area contributed by atoms with Crippen molar-refractivity contribution in [1.29, 1.82) is 0 Å². The molecule has 0 radical (unpaired) electrons. The molecular weight excluding hydrogens is 188 g/mol.